The molecule has 1 aliphatic heterocycles. The number of hydrogen-bond donors (Lipinski definition) is 0. The molecular weight excluding hydrogens is 327 g/mol. The summed E-state index contributed by atoms with van der Waals surface area (Å²) < 4.78 is 13.9. The molecule has 3 aromatic rings. The second-order valence-electron chi connectivity index (χ2n) is 7.48. The maximum absolute atomic E-state index is 8.91. The van der Waals surface area contributed by atoms with E-state index in [0.29, 0.717) is 11.4 Å². The molecule has 0 bridgehead atoms. The fraction of sp³-hybridized carbons (Fsp3) is 0.316. The van der Waals surface area contributed by atoms with Gasteiger partial charge in [0, 0.05) is 11.8 Å². The lowest BCUT2D eigenvalue weighted by Crippen LogP contribution is -2.41. The third-order valence-electron chi connectivity index (χ3n) is 5.16. The number of nitrogens with zero attached hydrogens (tertiary/aromatic N) is 4. The number of hydrogen-bond acceptors (Lipinski definition) is 5. The van der Waals surface area contributed by atoms with Gasteiger partial charge in [0.25, 0.3) is 0 Å². The molecule has 1 saturated heterocycles. The van der Waals surface area contributed by atoms with Crippen molar-refractivity contribution in [3.8, 4) is 17.5 Å². The van der Waals surface area contributed by atoms with E-state index in [1.807, 2.05) is 58.2 Å². The summed E-state index contributed by atoms with van der Waals surface area (Å²) in [5.41, 5.74) is 2.34. The maximum atomic E-state index is 8.91. The summed E-state index contributed by atoms with van der Waals surface area (Å²) in [5, 5.41) is 13.4. The van der Waals surface area contributed by atoms with E-state index in [1.54, 1.807) is 16.6 Å². The summed E-state index contributed by atoms with van der Waals surface area (Å²) >= 11 is 0. The van der Waals surface area contributed by atoms with E-state index in [4.69, 9.17) is 14.6 Å². The molecule has 0 N–H and O–H groups in total. The van der Waals surface area contributed by atoms with Crippen molar-refractivity contribution in [1.82, 2.24) is 14.6 Å². The Hall–Kier alpha value is -2.69. The van der Waals surface area contributed by atoms with Crippen molar-refractivity contribution in [2.45, 2.75) is 38.9 Å². The Morgan fingerprint density at radius 2 is 1.69 bits per heavy atom. The molecule has 0 saturated carbocycles. The first kappa shape index (κ1) is 16.8. The molecular formula is C19H19BN4O2. The SMILES string of the molecule is CC1(C)OB(c2ccn3nc(-c4ccc(C#N)cc4)nc3c2)OC1(C)C. The summed E-state index contributed by atoms with van der Waals surface area (Å²) in [6.45, 7) is 8.13. The summed E-state index contributed by atoms with van der Waals surface area (Å²) in [5.74, 6) is 0.612. The largest absolute Gasteiger partial charge is 0.495 e. The minimum Gasteiger partial charge on any atom is -0.399 e. The van der Waals surface area contributed by atoms with Crippen LogP contribution in [0.15, 0.2) is 42.6 Å². The lowest BCUT2D eigenvalue weighted by atomic mass is 9.80. The van der Waals surface area contributed by atoms with E-state index < -0.39 is 7.12 Å². The molecule has 0 atom stereocenters. The van der Waals surface area contributed by atoms with Crippen LogP contribution in [0.25, 0.3) is 17.0 Å². The maximum Gasteiger partial charge on any atom is 0.495 e. The van der Waals surface area contributed by atoms with Crippen molar-refractivity contribution in [2.24, 2.45) is 0 Å². The highest BCUT2D eigenvalue weighted by atomic mass is 16.7. The minimum absolute atomic E-state index is 0.384. The third kappa shape index (κ3) is 2.68. The predicted octanol–water partition coefficient (Wildman–Crippen LogP) is 2.57. The lowest BCUT2D eigenvalue weighted by Gasteiger charge is -2.32. The first-order valence-corrected chi connectivity index (χ1v) is 8.52. The van der Waals surface area contributed by atoms with Gasteiger partial charge < -0.3 is 9.31 Å². The lowest BCUT2D eigenvalue weighted by molar-refractivity contribution is 0.00578. The van der Waals surface area contributed by atoms with E-state index >= 15 is 0 Å². The van der Waals surface area contributed by atoms with Crippen LogP contribution in [0.1, 0.15) is 33.3 Å². The van der Waals surface area contributed by atoms with E-state index in [2.05, 4.69) is 16.2 Å². The molecule has 2 aromatic heterocycles. The molecule has 3 heterocycles. The van der Waals surface area contributed by atoms with Crippen LogP contribution in [0, 0.1) is 11.3 Å². The Labute approximate surface area is 152 Å². The molecule has 0 aliphatic carbocycles. The minimum atomic E-state index is -0.430. The van der Waals surface area contributed by atoms with E-state index in [0.717, 1.165) is 16.7 Å². The normalized spacial score (nSPS) is 18.2. The van der Waals surface area contributed by atoms with Gasteiger partial charge in [-0.25, -0.2) is 9.50 Å². The molecule has 0 unspecified atom stereocenters. The van der Waals surface area contributed by atoms with Gasteiger partial charge in [0.1, 0.15) is 0 Å². The zero-order valence-electron chi connectivity index (χ0n) is 15.2. The van der Waals surface area contributed by atoms with Crippen molar-refractivity contribution < 1.29 is 9.31 Å². The number of aromatic nitrogens is 3. The van der Waals surface area contributed by atoms with Gasteiger partial charge in [0.05, 0.1) is 22.8 Å². The van der Waals surface area contributed by atoms with Gasteiger partial charge in [-0.2, -0.15) is 5.26 Å². The molecule has 0 radical (unpaired) electrons. The number of benzene rings is 1. The summed E-state index contributed by atoms with van der Waals surface area (Å²) in [4.78, 5) is 4.60. The van der Waals surface area contributed by atoms with Crippen LogP contribution in [0.2, 0.25) is 0 Å². The first-order valence-electron chi connectivity index (χ1n) is 8.52. The highest BCUT2D eigenvalue weighted by molar-refractivity contribution is 6.62. The van der Waals surface area contributed by atoms with Gasteiger partial charge in [-0.3, -0.25) is 0 Å². The topological polar surface area (TPSA) is 72.4 Å². The molecule has 1 aliphatic rings. The van der Waals surface area contributed by atoms with Crippen molar-refractivity contribution in [2.75, 3.05) is 0 Å². The Morgan fingerprint density at radius 1 is 1.04 bits per heavy atom. The average Bonchev–Trinajstić information content (AvgIpc) is 3.12. The Morgan fingerprint density at radius 3 is 2.31 bits per heavy atom. The smallest absolute Gasteiger partial charge is 0.399 e. The summed E-state index contributed by atoms with van der Waals surface area (Å²) in [6, 6.07) is 13.2. The first-order chi connectivity index (χ1) is 12.3. The van der Waals surface area contributed by atoms with Crippen molar-refractivity contribution in [1.29, 1.82) is 5.26 Å². The van der Waals surface area contributed by atoms with E-state index in [-0.39, 0.29) is 11.2 Å². The van der Waals surface area contributed by atoms with Gasteiger partial charge in [0.2, 0.25) is 0 Å². The van der Waals surface area contributed by atoms with Crippen LogP contribution >= 0.6 is 0 Å². The zero-order valence-corrected chi connectivity index (χ0v) is 15.2. The van der Waals surface area contributed by atoms with Crippen LogP contribution < -0.4 is 5.46 Å². The summed E-state index contributed by atoms with van der Waals surface area (Å²) in [7, 11) is -0.430. The second kappa shape index (κ2) is 5.66. The fourth-order valence-corrected chi connectivity index (χ4v) is 2.84. The van der Waals surface area contributed by atoms with Crippen LogP contribution in [0.4, 0.5) is 0 Å². The zero-order chi connectivity index (χ0) is 18.5. The third-order valence-corrected chi connectivity index (χ3v) is 5.16. The molecule has 0 spiro atoms. The van der Waals surface area contributed by atoms with Crippen molar-refractivity contribution >= 4 is 18.2 Å². The van der Waals surface area contributed by atoms with Gasteiger partial charge in [-0.05, 0) is 69.6 Å². The summed E-state index contributed by atoms with van der Waals surface area (Å²) in [6.07, 6.45) is 1.86. The predicted molar refractivity (Wildman–Crippen MR) is 98.9 cm³/mol. The highest BCUT2D eigenvalue weighted by Crippen LogP contribution is 2.36. The van der Waals surface area contributed by atoms with Crippen LogP contribution in [0.3, 0.4) is 0 Å². The van der Waals surface area contributed by atoms with E-state index in [1.165, 1.54) is 0 Å². The Bertz CT molecular complexity index is 1000. The molecule has 4 rings (SSSR count). The van der Waals surface area contributed by atoms with Gasteiger partial charge in [0.15, 0.2) is 11.5 Å². The quantitative estimate of drug-likeness (QED) is 0.667. The average molecular weight is 346 g/mol. The molecule has 7 heteroatoms. The second-order valence-corrected chi connectivity index (χ2v) is 7.48. The Balaban J connectivity index is 1.67. The number of rotatable bonds is 2. The van der Waals surface area contributed by atoms with Crippen molar-refractivity contribution in [3.63, 3.8) is 0 Å². The fourth-order valence-electron chi connectivity index (χ4n) is 2.84. The van der Waals surface area contributed by atoms with Crippen molar-refractivity contribution in [3.05, 3.63) is 48.2 Å². The standard InChI is InChI=1S/C19H19BN4O2/c1-18(2)19(3,4)26-20(25-18)15-9-10-24-16(11-15)22-17(23-24)14-7-5-13(12-21)6-8-14/h5-11H,1-4H3. The molecule has 130 valence electrons. The number of pyridine rings is 1. The Kier molecular flexibility index (Phi) is 3.65. The molecule has 26 heavy (non-hydrogen) atoms. The monoisotopic (exact) mass is 346 g/mol. The van der Waals surface area contributed by atoms with E-state index in [9.17, 15) is 0 Å². The van der Waals surface area contributed by atoms with Crippen LogP contribution in [-0.4, -0.2) is 32.9 Å². The van der Waals surface area contributed by atoms with Crippen LogP contribution in [-0.2, 0) is 9.31 Å². The number of nitriles is 1. The molecule has 1 fully saturated rings. The highest BCUT2D eigenvalue weighted by Gasteiger charge is 2.51. The van der Waals surface area contributed by atoms with Gasteiger partial charge in [-0.15, -0.1) is 5.10 Å². The van der Waals surface area contributed by atoms with Gasteiger partial charge >= 0.3 is 7.12 Å². The molecule has 0 amide bonds. The van der Waals surface area contributed by atoms with Gasteiger partial charge in [-0.1, -0.05) is 0 Å². The van der Waals surface area contributed by atoms with Crippen LogP contribution in [0.5, 0.6) is 0 Å². The molecule has 6 nitrogen and oxygen atoms in total. The molecule has 1 aromatic carbocycles. The number of fused-ring (bicyclic) bond motifs is 1.